The van der Waals surface area contributed by atoms with Gasteiger partial charge in [0.1, 0.15) is 5.75 Å². The molecule has 0 radical (unpaired) electrons. The lowest BCUT2D eigenvalue weighted by Crippen LogP contribution is -2.54. The maximum atomic E-state index is 11.9. The molecule has 2 fully saturated rings. The monoisotopic (exact) mass is 457 g/mol. The molecule has 3 heterocycles. The van der Waals surface area contributed by atoms with Gasteiger partial charge in [0, 0.05) is 59.0 Å². The van der Waals surface area contributed by atoms with E-state index in [0.29, 0.717) is 19.7 Å². The number of carbonyl (C=O) groups is 1. The summed E-state index contributed by atoms with van der Waals surface area (Å²) in [4.78, 5) is 16.0. The summed E-state index contributed by atoms with van der Waals surface area (Å²) in [6, 6.07) is 8.04. The van der Waals surface area contributed by atoms with E-state index >= 15 is 0 Å². The standard InChI is InChI=1S/C24H35N5O4/c1-18-17-27(19(2)30)12-13-28(18)24-26-25-23(21-7-4-5-8-22(21)31-3)29(24)11-6-14-33-20-9-15-32-16-10-20/h4-5,7-8,18,20H,6,9-17H2,1-3H3/t18-/m1/s1. The molecule has 1 amide bonds. The highest BCUT2D eigenvalue weighted by atomic mass is 16.5. The van der Waals surface area contributed by atoms with E-state index in [1.54, 1.807) is 14.0 Å². The molecule has 0 aliphatic carbocycles. The predicted molar refractivity (Wildman–Crippen MR) is 125 cm³/mol. The molecule has 1 aromatic heterocycles. The van der Waals surface area contributed by atoms with Gasteiger partial charge in [-0.25, -0.2) is 0 Å². The van der Waals surface area contributed by atoms with Crippen molar-refractivity contribution in [1.82, 2.24) is 19.7 Å². The highest BCUT2D eigenvalue weighted by molar-refractivity contribution is 5.73. The van der Waals surface area contributed by atoms with Crippen molar-refractivity contribution in [2.24, 2.45) is 0 Å². The van der Waals surface area contributed by atoms with Crippen molar-refractivity contribution in [3.05, 3.63) is 24.3 Å². The number of amides is 1. The molecule has 1 atom stereocenters. The van der Waals surface area contributed by atoms with Crippen LogP contribution in [0, 0.1) is 0 Å². The lowest BCUT2D eigenvalue weighted by molar-refractivity contribution is -0.129. The minimum Gasteiger partial charge on any atom is -0.496 e. The molecule has 2 aliphatic heterocycles. The third kappa shape index (κ3) is 5.47. The summed E-state index contributed by atoms with van der Waals surface area (Å²) in [5.41, 5.74) is 0.916. The van der Waals surface area contributed by atoms with E-state index in [2.05, 4.69) is 26.6 Å². The van der Waals surface area contributed by atoms with Crippen LogP contribution in [-0.4, -0.2) is 84.3 Å². The molecule has 180 valence electrons. The molecule has 2 aliphatic rings. The molecule has 0 bridgehead atoms. The van der Waals surface area contributed by atoms with Gasteiger partial charge in [-0.3, -0.25) is 9.36 Å². The van der Waals surface area contributed by atoms with Crippen LogP contribution in [0.4, 0.5) is 5.95 Å². The Kier molecular flexibility index (Phi) is 7.82. The number of hydrogen-bond donors (Lipinski definition) is 0. The summed E-state index contributed by atoms with van der Waals surface area (Å²) in [6.45, 7) is 8.82. The molecule has 2 aromatic rings. The van der Waals surface area contributed by atoms with E-state index in [9.17, 15) is 4.79 Å². The van der Waals surface area contributed by atoms with Gasteiger partial charge in [0.25, 0.3) is 0 Å². The van der Waals surface area contributed by atoms with Crippen molar-refractivity contribution in [2.75, 3.05) is 51.5 Å². The summed E-state index contributed by atoms with van der Waals surface area (Å²) >= 11 is 0. The van der Waals surface area contributed by atoms with Crippen LogP contribution >= 0.6 is 0 Å². The first kappa shape index (κ1) is 23.5. The van der Waals surface area contributed by atoms with Gasteiger partial charge in [0.15, 0.2) is 5.82 Å². The molecule has 9 heteroatoms. The average molecular weight is 458 g/mol. The van der Waals surface area contributed by atoms with Gasteiger partial charge in [-0.15, -0.1) is 10.2 Å². The number of methoxy groups -OCH3 is 1. The second-order valence-electron chi connectivity index (χ2n) is 8.72. The van der Waals surface area contributed by atoms with Crippen molar-refractivity contribution in [1.29, 1.82) is 0 Å². The molecule has 4 rings (SSSR count). The zero-order valence-corrected chi connectivity index (χ0v) is 19.9. The SMILES string of the molecule is COc1ccccc1-c1nnc(N2CCN(C(C)=O)C[C@H]2C)n1CCCOC1CCOCC1. The molecule has 0 N–H and O–H groups in total. The first-order valence-corrected chi connectivity index (χ1v) is 11.9. The Bertz CT molecular complexity index is 927. The molecular formula is C24H35N5O4. The summed E-state index contributed by atoms with van der Waals surface area (Å²) in [5.74, 6) is 2.50. The normalized spacial score (nSPS) is 19.7. The van der Waals surface area contributed by atoms with Crippen LogP contribution in [0.5, 0.6) is 5.75 Å². The summed E-state index contributed by atoms with van der Waals surface area (Å²) in [6.07, 6.45) is 3.06. The molecule has 9 nitrogen and oxygen atoms in total. The van der Waals surface area contributed by atoms with E-state index in [1.165, 1.54) is 0 Å². The maximum Gasteiger partial charge on any atom is 0.227 e. The van der Waals surface area contributed by atoms with Gasteiger partial charge in [0.05, 0.1) is 18.8 Å². The second kappa shape index (κ2) is 11.0. The molecule has 1 aromatic carbocycles. The number of carbonyl (C=O) groups excluding carboxylic acids is 1. The Morgan fingerprint density at radius 2 is 1.97 bits per heavy atom. The van der Waals surface area contributed by atoms with Crippen molar-refractivity contribution >= 4 is 11.9 Å². The fourth-order valence-electron chi connectivity index (χ4n) is 4.60. The zero-order chi connectivity index (χ0) is 23.2. The first-order chi connectivity index (χ1) is 16.1. The van der Waals surface area contributed by atoms with E-state index in [1.807, 2.05) is 29.2 Å². The Morgan fingerprint density at radius 1 is 1.18 bits per heavy atom. The highest BCUT2D eigenvalue weighted by Crippen LogP contribution is 2.32. The maximum absolute atomic E-state index is 11.9. The van der Waals surface area contributed by atoms with Gasteiger partial charge in [0.2, 0.25) is 11.9 Å². The quantitative estimate of drug-likeness (QED) is 0.564. The zero-order valence-electron chi connectivity index (χ0n) is 19.9. The van der Waals surface area contributed by atoms with E-state index in [-0.39, 0.29) is 18.1 Å². The minimum absolute atomic E-state index is 0.114. The molecular weight excluding hydrogens is 422 g/mol. The van der Waals surface area contributed by atoms with Crippen LogP contribution in [0.1, 0.15) is 33.1 Å². The van der Waals surface area contributed by atoms with Crippen LogP contribution in [0.15, 0.2) is 24.3 Å². The lowest BCUT2D eigenvalue weighted by Gasteiger charge is -2.40. The Morgan fingerprint density at radius 3 is 2.70 bits per heavy atom. The average Bonchev–Trinajstić information content (AvgIpc) is 3.25. The number of benzene rings is 1. The van der Waals surface area contributed by atoms with E-state index < -0.39 is 0 Å². The van der Waals surface area contributed by atoms with Gasteiger partial charge in [-0.05, 0) is 38.3 Å². The van der Waals surface area contributed by atoms with Gasteiger partial charge in [-0.1, -0.05) is 12.1 Å². The fourth-order valence-corrected chi connectivity index (χ4v) is 4.60. The number of ether oxygens (including phenoxy) is 3. The fraction of sp³-hybridized carbons (Fsp3) is 0.625. The largest absolute Gasteiger partial charge is 0.496 e. The number of aromatic nitrogens is 3. The predicted octanol–water partition coefficient (Wildman–Crippen LogP) is 2.60. The second-order valence-corrected chi connectivity index (χ2v) is 8.72. The van der Waals surface area contributed by atoms with E-state index in [0.717, 1.165) is 68.7 Å². The smallest absolute Gasteiger partial charge is 0.227 e. The first-order valence-electron chi connectivity index (χ1n) is 11.9. The number of rotatable bonds is 8. The summed E-state index contributed by atoms with van der Waals surface area (Å²) in [5, 5.41) is 9.18. The lowest BCUT2D eigenvalue weighted by atomic mass is 10.1. The van der Waals surface area contributed by atoms with Gasteiger partial charge >= 0.3 is 0 Å². The molecule has 0 saturated carbocycles. The minimum atomic E-state index is 0.114. The van der Waals surface area contributed by atoms with Crippen LogP contribution < -0.4 is 9.64 Å². The summed E-state index contributed by atoms with van der Waals surface area (Å²) in [7, 11) is 1.67. The van der Waals surface area contributed by atoms with Crippen LogP contribution in [0.2, 0.25) is 0 Å². The Hall–Kier alpha value is -2.65. The van der Waals surface area contributed by atoms with Gasteiger partial charge in [-0.2, -0.15) is 0 Å². The topological polar surface area (TPSA) is 82.0 Å². The number of para-hydroxylation sites is 1. The highest BCUT2D eigenvalue weighted by Gasteiger charge is 2.30. The third-order valence-corrected chi connectivity index (χ3v) is 6.46. The van der Waals surface area contributed by atoms with Crippen molar-refractivity contribution in [3.63, 3.8) is 0 Å². The molecule has 0 spiro atoms. The third-order valence-electron chi connectivity index (χ3n) is 6.46. The number of anilines is 1. The van der Waals surface area contributed by atoms with Crippen molar-refractivity contribution in [3.8, 4) is 17.1 Å². The summed E-state index contributed by atoms with van der Waals surface area (Å²) < 4.78 is 19.3. The molecule has 33 heavy (non-hydrogen) atoms. The van der Waals surface area contributed by atoms with Crippen LogP contribution in [0.3, 0.4) is 0 Å². The number of hydrogen-bond acceptors (Lipinski definition) is 7. The van der Waals surface area contributed by atoms with E-state index in [4.69, 9.17) is 14.2 Å². The molecule has 0 unspecified atom stereocenters. The van der Waals surface area contributed by atoms with Crippen molar-refractivity contribution in [2.45, 2.75) is 51.8 Å². The Balaban J connectivity index is 1.54. The Labute approximate surface area is 195 Å². The molecule has 2 saturated heterocycles. The van der Waals surface area contributed by atoms with Gasteiger partial charge < -0.3 is 24.0 Å². The van der Waals surface area contributed by atoms with Crippen LogP contribution in [0.25, 0.3) is 11.4 Å². The number of piperazine rings is 1. The number of nitrogens with zero attached hydrogens (tertiary/aromatic N) is 5. The van der Waals surface area contributed by atoms with Crippen LogP contribution in [-0.2, 0) is 20.8 Å². The van der Waals surface area contributed by atoms with Crippen molar-refractivity contribution < 1.29 is 19.0 Å².